The first-order valence-electron chi connectivity index (χ1n) is 6.85. The van der Waals surface area contributed by atoms with E-state index < -0.39 is 6.04 Å². The number of benzene rings is 1. The second-order valence-corrected chi connectivity index (χ2v) is 5.18. The zero-order valence-corrected chi connectivity index (χ0v) is 12.5. The lowest BCUT2D eigenvalue weighted by atomic mass is 9.97. The Bertz CT molecular complexity index is 689. The summed E-state index contributed by atoms with van der Waals surface area (Å²) in [4.78, 5) is 12.3. The highest BCUT2D eigenvalue weighted by Crippen LogP contribution is 2.20. The maximum Gasteiger partial charge on any atom is 0.271 e. The molecule has 0 aliphatic rings. The van der Waals surface area contributed by atoms with Gasteiger partial charge in [-0.05, 0) is 50.5 Å². The molecule has 106 valence electrons. The van der Waals surface area contributed by atoms with Crippen LogP contribution in [-0.2, 0) is 6.54 Å². The highest BCUT2D eigenvalue weighted by atomic mass is 16.1. The van der Waals surface area contributed by atoms with Gasteiger partial charge in [-0.1, -0.05) is 18.2 Å². The highest BCUT2D eigenvalue weighted by molar-refractivity contribution is 5.36. The number of aryl methyl sites for hydroxylation is 4. The number of hydrogen-bond acceptors (Lipinski definition) is 3. The number of nitrogens with zero attached hydrogens (tertiary/aromatic N) is 2. The fourth-order valence-corrected chi connectivity index (χ4v) is 2.28. The molecule has 1 aromatic carbocycles. The molecule has 0 aliphatic heterocycles. The molecule has 0 fully saturated rings. The van der Waals surface area contributed by atoms with Gasteiger partial charge < -0.3 is 5.73 Å². The molecule has 0 aliphatic carbocycles. The summed E-state index contributed by atoms with van der Waals surface area (Å²) in [5, 5.41) is 4.21. The third-order valence-electron chi connectivity index (χ3n) is 3.65. The predicted molar refractivity (Wildman–Crippen MR) is 80.9 cm³/mol. The molecule has 2 N–H and O–H groups in total. The largest absolute Gasteiger partial charge is 0.320 e. The van der Waals surface area contributed by atoms with Gasteiger partial charge in [0, 0.05) is 12.1 Å². The van der Waals surface area contributed by atoms with Crippen LogP contribution in [0.5, 0.6) is 0 Å². The van der Waals surface area contributed by atoms with Gasteiger partial charge in [-0.25, -0.2) is 4.68 Å². The number of aromatic nitrogens is 2. The zero-order chi connectivity index (χ0) is 14.9. The molecule has 1 aromatic heterocycles. The second kappa shape index (κ2) is 5.59. The van der Waals surface area contributed by atoms with E-state index in [0.29, 0.717) is 12.1 Å². The van der Waals surface area contributed by atoms with Gasteiger partial charge in [0.2, 0.25) is 0 Å². The van der Waals surface area contributed by atoms with Crippen LogP contribution in [-0.4, -0.2) is 9.78 Å². The van der Waals surface area contributed by atoms with Crippen molar-refractivity contribution in [3.05, 3.63) is 62.6 Å². The summed E-state index contributed by atoms with van der Waals surface area (Å²) in [6, 6.07) is 7.44. The Balaban J connectivity index is 2.53. The maximum atomic E-state index is 12.3. The minimum absolute atomic E-state index is 0.108. The van der Waals surface area contributed by atoms with Gasteiger partial charge in [0.15, 0.2) is 0 Å². The van der Waals surface area contributed by atoms with Gasteiger partial charge >= 0.3 is 0 Å². The molecular weight excluding hydrogens is 250 g/mol. The smallest absolute Gasteiger partial charge is 0.271 e. The van der Waals surface area contributed by atoms with Crippen LogP contribution in [0.2, 0.25) is 0 Å². The first-order chi connectivity index (χ1) is 9.43. The van der Waals surface area contributed by atoms with E-state index in [2.05, 4.69) is 12.0 Å². The Morgan fingerprint density at radius 3 is 2.50 bits per heavy atom. The molecule has 2 aromatic rings. The van der Waals surface area contributed by atoms with Crippen molar-refractivity contribution in [3.8, 4) is 0 Å². The summed E-state index contributed by atoms with van der Waals surface area (Å²) in [5.41, 5.74) is 10.9. The van der Waals surface area contributed by atoms with Crippen LogP contribution in [0.4, 0.5) is 0 Å². The molecule has 0 radical (unpaired) electrons. The zero-order valence-electron chi connectivity index (χ0n) is 12.5. The lowest BCUT2D eigenvalue weighted by molar-refractivity contribution is 0.591. The van der Waals surface area contributed by atoms with Crippen molar-refractivity contribution in [3.63, 3.8) is 0 Å². The Labute approximate surface area is 119 Å². The summed E-state index contributed by atoms with van der Waals surface area (Å²) in [6.45, 7) is 8.44. The first kappa shape index (κ1) is 14.5. The fourth-order valence-electron chi connectivity index (χ4n) is 2.28. The molecule has 1 unspecified atom stereocenters. The quantitative estimate of drug-likeness (QED) is 0.931. The van der Waals surface area contributed by atoms with Crippen LogP contribution in [0.25, 0.3) is 0 Å². The average Bonchev–Trinajstić information content (AvgIpc) is 2.43. The molecular formula is C16H21N3O. The molecule has 4 heteroatoms. The normalized spacial score (nSPS) is 12.4. The van der Waals surface area contributed by atoms with Crippen LogP contribution < -0.4 is 11.3 Å². The summed E-state index contributed by atoms with van der Waals surface area (Å²) in [5.74, 6) is 0. The van der Waals surface area contributed by atoms with Crippen molar-refractivity contribution in [1.29, 1.82) is 0 Å². The van der Waals surface area contributed by atoms with Crippen molar-refractivity contribution < 1.29 is 0 Å². The Hall–Kier alpha value is -1.94. The molecule has 2 rings (SSSR count). The molecule has 0 saturated heterocycles. The summed E-state index contributed by atoms with van der Waals surface area (Å²) in [7, 11) is 0. The van der Waals surface area contributed by atoms with Gasteiger partial charge in [0.05, 0.1) is 11.7 Å². The van der Waals surface area contributed by atoms with Crippen LogP contribution in [0.3, 0.4) is 0 Å². The minimum atomic E-state index is -0.415. The molecule has 1 atom stereocenters. The van der Waals surface area contributed by atoms with Crippen molar-refractivity contribution in [2.45, 2.75) is 40.3 Å². The summed E-state index contributed by atoms with van der Waals surface area (Å²) >= 11 is 0. The van der Waals surface area contributed by atoms with Crippen molar-refractivity contribution in [2.24, 2.45) is 5.73 Å². The molecule has 1 heterocycles. The van der Waals surface area contributed by atoms with E-state index in [4.69, 9.17) is 5.73 Å². The highest BCUT2D eigenvalue weighted by Gasteiger charge is 2.16. The third-order valence-corrected chi connectivity index (χ3v) is 3.65. The molecule has 0 amide bonds. The van der Waals surface area contributed by atoms with Crippen molar-refractivity contribution in [2.75, 3.05) is 0 Å². The van der Waals surface area contributed by atoms with Gasteiger partial charge in [0.1, 0.15) is 0 Å². The topological polar surface area (TPSA) is 60.9 Å². The van der Waals surface area contributed by atoms with Crippen LogP contribution in [0.1, 0.15) is 40.9 Å². The van der Waals surface area contributed by atoms with Gasteiger partial charge in [0.25, 0.3) is 5.56 Å². The number of hydrogen-bond donors (Lipinski definition) is 1. The van der Waals surface area contributed by atoms with Crippen LogP contribution in [0.15, 0.2) is 29.1 Å². The van der Waals surface area contributed by atoms with Gasteiger partial charge in [-0.15, -0.1) is 0 Å². The van der Waals surface area contributed by atoms with Crippen molar-refractivity contribution in [1.82, 2.24) is 9.78 Å². The van der Waals surface area contributed by atoms with Crippen LogP contribution >= 0.6 is 0 Å². The number of nitrogens with two attached hydrogens (primary N) is 1. The van der Waals surface area contributed by atoms with Crippen molar-refractivity contribution >= 4 is 0 Å². The Kier molecular flexibility index (Phi) is 4.04. The van der Waals surface area contributed by atoms with E-state index in [9.17, 15) is 4.79 Å². The van der Waals surface area contributed by atoms with Crippen LogP contribution in [0, 0.1) is 20.8 Å². The third kappa shape index (κ3) is 2.65. The van der Waals surface area contributed by atoms with E-state index in [1.807, 2.05) is 39.0 Å². The van der Waals surface area contributed by atoms with E-state index >= 15 is 0 Å². The van der Waals surface area contributed by atoms with Gasteiger partial charge in [-0.3, -0.25) is 4.79 Å². The molecule has 20 heavy (non-hydrogen) atoms. The lowest BCUT2D eigenvalue weighted by Gasteiger charge is -2.15. The summed E-state index contributed by atoms with van der Waals surface area (Å²) < 4.78 is 1.46. The van der Waals surface area contributed by atoms with E-state index in [1.165, 1.54) is 15.8 Å². The second-order valence-electron chi connectivity index (χ2n) is 5.18. The monoisotopic (exact) mass is 271 g/mol. The van der Waals surface area contributed by atoms with E-state index in [1.54, 1.807) is 6.07 Å². The minimum Gasteiger partial charge on any atom is -0.320 e. The maximum absolute atomic E-state index is 12.3. The van der Waals surface area contributed by atoms with Gasteiger partial charge in [-0.2, -0.15) is 5.10 Å². The SMILES string of the molecule is CCn1nc(C)cc(C(N)c2ccc(C)c(C)c2)c1=O. The predicted octanol–water partition coefficient (Wildman–Crippen LogP) is 2.24. The Morgan fingerprint density at radius 1 is 1.20 bits per heavy atom. The Morgan fingerprint density at radius 2 is 1.90 bits per heavy atom. The average molecular weight is 271 g/mol. The van der Waals surface area contributed by atoms with E-state index in [0.717, 1.165) is 11.3 Å². The standard InChI is InChI=1S/C16H21N3O/c1-5-19-16(20)14(9-12(4)18-19)15(17)13-7-6-10(2)11(3)8-13/h6-9,15H,5,17H2,1-4H3. The molecule has 0 saturated carbocycles. The molecule has 0 spiro atoms. The van der Waals surface area contributed by atoms with E-state index in [-0.39, 0.29) is 5.56 Å². The molecule has 4 nitrogen and oxygen atoms in total. The molecule has 0 bridgehead atoms. The first-order valence-corrected chi connectivity index (χ1v) is 6.85. The number of rotatable bonds is 3. The lowest BCUT2D eigenvalue weighted by Crippen LogP contribution is -2.30. The fraction of sp³-hybridized carbons (Fsp3) is 0.375. The summed E-state index contributed by atoms with van der Waals surface area (Å²) in [6.07, 6.45) is 0.